The van der Waals surface area contributed by atoms with Gasteiger partial charge in [-0.1, -0.05) is 61.7 Å². The maximum absolute atomic E-state index is 6.17. The molecule has 1 heterocycles. The highest BCUT2D eigenvalue weighted by Gasteiger charge is 2.47. The molecule has 5 rings (SSSR count). The second-order valence-electron chi connectivity index (χ2n) is 7.77. The fourth-order valence-corrected chi connectivity index (χ4v) is 5.55. The van der Waals surface area contributed by atoms with Crippen molar-refractivity contribution in [3.8, 4) is 0 Å². The van der Waals surface area contributed by atoms with Gasteiger partial charge in [-0.05, 0) is 53.3 Å². The number of hydrogen-bond donors (Lipinski definition) is 1. The number of nitrogens with two attached hydrogens (primary N) is 1. The summed E-state index contributed by atoms with van der Waals surface area (Å²) in [6.45, 7) is 0. The number of nitrogens with zero attached hydrogens (tertiary/aromatic N) is 1. The van der Waals surface area contributed by atoms with Crippen molar-refractivity contribution in [3.05, 3.63) is 71.4 Å². The Labute approximate surface area is 149 Å². The van der Waals surface area contributed by atoms with Gasteiger partial charge in [-0.25, -0.2) is 4.98 Å². The van der Waals surface area contributed by atoms with E-state index in [0.717, 1.165) is 11.8 Å². The summed E-state index contributed by atoms with van der Waals surface area (Å²) in [4.78, 5) is 4.30. The number of aromatic nitrogens is 1. The van der Waals surface area contributed by atoms with Crippen molar-refractivity contribution < 1.29 is 0 Å². The molecule has 2 heteroatoms. The maximum Gasteiger partial charge on any atom is 0.131 e. The van der Waals surface area contributed by atoms with E-state index < -0.39 is 0 Å². The molecule has 2 aliphatic carbocycles. The van der Waals surface area contributed by atoms with Crippen LogP contribution >= 0.6 is 0 Å². The van der Waals surface area contributed by atoms with E-state index in [1.54, 1.807) is 11.1 Å². The highest BCUT2D eigenvalue weighted by Crippen LogP contribution is 2.57. The maximum atomic E-state index is 6.17. The van der Waals surface area contributed by atoms with Crippen molar-refractivity contribution in [2.75, 3.05) is 5.73 Å². The van der Waals surface area contributed by atoms with Gasteiger partial charge in [0.05, 0.1) is 0 Å². The molecule has 0 saturated heterocycles. The van der Waals surface area contributed by atoms with Gasteiger partial charge in [0.15, 0.2) is 0 Å². The summed E-state index contributed by atoms with van der Waals surface area (Å²) in [6, 6.07) is 17.9. The molecule has 1 aromatic heterocycles. The van der Waals surface area contributed by atoms with Gasteiger partial charge in [0, 0.05) is 17.0 Å². The monoisotopic (exact) mass is 328 g/mol. The smallest absolute Gasteiger partial charge is 0.131 e. The molecular formula is C23H24N2. The largest absolute Gasteiger partial charge is 0.383 e. The summed E-state index contributed by atoms with van der Waals surface area (Å²) in [6.07, 6.45) is 9.70. The molecule has 1 saturated carbocycles. The molecular weight excluding hydrogens is 304 g/mol. The van der Waals surface area contributed by atoms with E-state index in [4.69, 9.17) is 5.73 Å². The molecule has 1 unspecified atom stereocenters. The van der Waals surface area contributed by atoms with Crippen LogP contribution in [0.25, 0.3) is 10.8 Å². The molecule has 3 aromatic rings. The van der Waals surface area contributed by atoms with Crippen molar-refractivity contribution in [1.29, 1.82) is 0 Å². The van der Waals surface area contributed by atoms with Gasteiger partial charge < -0.3 is 5.73 Å². The van der Waals surface area contributed by atoms with Crippen LogP contribution in [0.4, 0.5) is 5.82 Å². The van der Waals surface area contributed by atoms with E-state index in [0.29, 0.717) is 17.2 Å². The van der Waals surface area contributed by atoms with Crippen molar-refractivity contribution in [1.82, 2.24) is 4.98 Å². The molecule has 1 spiro atoms. The van der Waals surface area contributed by atoms with Crippen molar-refractivity contribution >= 4 is 16.6 Å². The number of rotatable bonds is 1. The second kappa shape index (κ2) is 5.59. The molecule has 1 atom stereocenters. The first-order chi connectivity index (χ1) is 12.3. The highest BCUT2D eigenvalue weighted by molar-refractivity contribution is 5.93. The summed E-state index contributed by atoms with van der Waals surface area (Å²) in [5.41, 5.74) is 11.1. The van der Waals surface area contributed by atoms with E-state index in [9.17, 15) is 0 Å². The van der Waals surface area contributed by atoms with E-state index in [1.165, 1.54) is 43.1 Å². The van der Waals surface area contributed by atoms with Crippen LogP contribution in [0.15, 0.2) is 54.7 Å². The lowest BCUT2D eigenvalue weighted by Crippen LogP contribution is -2.32. The van der Waals surface area contributed by atoms with Gasteiger partial charge in [0.25, 0.3) is 0 Å². The number of hydrogen-bond acceptors (Lipinski definition) is 2. The van der Waals surface area contributed by atoms with Crippen LogP contribution in [0, 0.1) is 0 Å². The Kier molecular flexibility index (Phi) is 3.34. The lowest BCUT2D eigenvalue weighted by atomic mass is 9.63. The van der Waals surface area contributed by atoms with E-state index in [1.807, 2.05) is 6.20 Å². The van der Waals surface area contributed by atoms with Crippen LogP contribution < -0.4 is 5.73 Å². The zero-order valence-electron chi connectivity index (χ0n) is 14.5. The first-order valence-corrected chi connectivity index (χ1v) is 9.51. The van der Waals surface area contributed by atoms with Gasteiger partial charge >= 0.3 is 0 Å². The predicted octanol–water partition coefficient (Wildman–Crippen LogP) is 5.36. The minimum absolute atomic E-state index is 0.307. The number of benzene rings is 2. The van der Waals surface area contributed by atoms with E-state index >= 15 is 0 Å². The minimum atomic E-state index is 0.307. The Morgan fingerprint density at radius 3 is 2.60 bits per heavy atom. The molecule has 25 heavy (non-hydrogen) atoms. The Morgan fingerprint density at radius 2 is 1.72 bits per heavy atom. The third kappa shape index (κ3) is 2.13. The summed E-state index contributed by atoms with van der Waals surface area (Å²) >= 11 is 0. The molecule has 0 aliphatic heterocycles. The molecule has 2 N–H and O–H groups in total. The third-order valence-electron chi connectivity index (χ3n) is 6.64. The van der Waals surface area contributed by atoms with Gasteiger partial charge in [-0.15, -0.1) is 0 Å². The second-order valence-corrected chi connectivity index (χ2v) is 7.77. The lowest BCUT2D eigenvalue weighted by Gasteiger charge is -2.40. The molecule has 2 aliphatic rings. The number of pyridine rings is 1. The summed E-state index contributed by atoms with van der Waals surface area (Å²) in [7, 11) is 0. The number of nitrogen functional groups attached to an aromatic ring is 1. The number of fused-ring (bicyclic) bond motifs is 3. The summed E-state index contributed by atoms with van der Waals surface area (Å²) < 4.78 is 0. The molecule has 126 valence electrons. The SMILES string of the molecule is Nc1nccc2c(C3Cc4ccccc4C34CCCCC4)cccc12. The van der Waals surface area contributed by atoms with Crippen LogP contribution in [-0.4, -0.2) is 4.98 Å². The van der Waals surface area contributed by atoms with Gasteiger partial charge in [-0.2, -0.15) is 0 Å². The Morgan fingerprint density at radius 1 is 0.880 bits per heavy atom. The molecule has 0 bridgehead atoms. The van der Waals surface area contributed by atoms with Crippen molar-refractivity contribution in [3.63, 3.8) is 0 Å². The minimum Gasteiger partial charge on any atom is -0.383 e. The first kappa shape index (κ1) is 14.9. The van der Waals surface area contributed by atoms with Crippen LogP contribution in [0.5, 0.6) is 0 Å². The molecule has 2 nitrogen and oxygen atoms in total. The van der Waals surface area contributed by atoms with Crippen LogP contribution in [0.3, 0.4) is 0 Å². The average Bonchev–Trinajstić information content (AvgIpc) is 2.96. The molecule has 0 amide bonds. The third-order valence-corrected chi connectivity index (χ3v) is 6.64. The van der Waals surface area contributed by atoms with Crippen LogP contribution in [-0.2, 0) is 11.8 Å². The van der Waals surface area contributed by atoms with Gasteiger partial charge in [-0.3, -0.25) is 0 Å². The zero-order chi connectivity index (χ0) is 16.9. The zero-order valence-corrected chi connectivity index (χ0v) is 14.5. The Balaban J connectivity index is 1.73. The average molecular weight is 328 g/mol. The normalized spacial score (nSPS) is 21.5. The quantitative estimate of drug-likeness (QED) is 0.653. The molecule has 1 fully saturated rings. The standard InChI is InChI=1S/C23H24N2/c24-22-19-9-6-8-18(17(19)11-14-25-22)21-15-16-7-2-3-10-20(16)23(21)12-4-1-5-13-23/h2-3,6-11,14,21H,1,4-5,12-13,15H2,(H2,24,25). The topological polar surface area (TPSA) is 38.9 Å². The van der Waals surface area contributed by atoms with E-state index in [2.05, 4.69) is 53.5 Å². The van der Waals surface area contributed by atoms with Crippen molar-refractivity contribution in [2.45, 2.75) is 49.9 Å². The van der Waals surface area contributed by atoms with Gasteiger partial charge in [0.1, 0.15) is 5.82 Å². The van der Waals surface area contributed by atoms with Crippen LogP contribution in [0.2, 0.25) is 0 Å². The highest BCUT2D eigenvalue weighted by atomic mass is 14.8. The molecule has 2 aromatic carbocycles. The fourth-order valence-electron chi connectivity index (χ4n) is 5.55. The first-order valence-electron chi connectivity index (χ1n) is 9.51. The summed E-state index contributed by atoms with van der Waals surface area (Å²) in [5, 5.41) is 2.39. The number of anilines is 1. The van der Waals surface area contributed by atoms with Crippen LogP contribution in [0.1, 0.15) is 54.7 Å². The lowest BCUT2D eigenvalue weighted by molar-refractivity contribution is 0.260. The molecule has 0 radical (unpaired) electrons. The summed E-state index contributed by atoms with van der Waals surface area (Å²) in [5.74, 6) is 1.20. The predicted molar refractivity (Wildman–Crippen MR) is 104 cm³/mol. The Hall–Kier alpha value is -2.35. The fraction of sp³-hybridized carbons (Fsp3) is 0.348. The van der Waals surface area contributed by atoms with Gasteiger partial charge in [0.2, 0.25) is 0 Å². The Bertz CT molecular complexity index is 938. The van der Waals surface area contributed by atoms with Crippen molar-refractivity contribution in [2.24, 2.45) is 0 Å². The van der Waals surface area contributed by atoms with E-state index in [-0.39, 0.29) is 0 Å².